The van der Waals surface area contributed by atoms with Crippen molar-refractivity contribution in [2.45, 2.75) is 52.1 Å². The molecule has 0 amide bonds. The first-order valence-corrected chi connectivity index (χ1v) is 6.07. The van der Waals surface area contributed by atoms with Crippen LogP contribution in [0.15, 0.2) is 0 Å². The van der Waals surface area contributed by atoms with Gasteiger partial charge in [-0.2, -0.15) is 0 Å². The van der Waals surface area contributed by atoms with Crippen LogP contribution >= 0.6 is 0 Å². The molecule has 2 unspecified atom stereocenters. The molecule has 0 aromatic heterocycles. The zero-order valence-corrected chi connectivity index (χ0v) is 10.7. The Morgan fingerprint density at radius 3 is 2.47 bits per heavy atom. The molecule has 2 atom stereocenters. The van der Waals surface area contributed by atoms with Gasteiger partial charge >= 0.3 is 0 Å². The minimum atomic E-state index is 0.429. The average Bonchev–Trinajstić information content (AvgIpc) is 2.24. The molecule has 0 aliphatic rings. The minimum Gasteiger partial charge on any atom is -0.382 e. The fourth-order valence-corrected chi connectivity index (χ4v) is 1.61. The molecule has 1 N–H and O–H groups in total. The van der Waals surface area contributed by atoms with Crippen molar-refractivity contribution in [2.75, 3.05) is 26.9 Å². The molecule has 15 heavy (non-hydrogen) atoms. The van der Waals surface area contributed by atoms with Crippen molar-refractivity contribution in [2.24, 2.45) is 0 Å². The van der Waals surface area contributed by atoms with Crippen LogP contribution in [0, 0.1) is 0 Å². The Hall–Kier alpha value is -0.120. The Labute approximate surface area is 94.5 Å². The number of hydrogen-bond donors (Lipinski definition) is 1. The summed E-state index contributed by atoms with van der Waals surface area (Å²) in [5.41, 5.74) is 0. The van der Waals surface area contributed by atoms with Crippen molar-refractivity contribution in [3.05, 3.63) is 0 Å². The SMILES string of the molecule is CCCC(CC)NC(C)COCCOC. The van der Waals surface area contributed by atoms with Crippen LogP contribution in [-0.4, -0.2) is 39.0 Å². The van der Waals surface area contributed by atoms with E-state index in [1.165, 1.54) is 19.3 Å². The monoisotopic (exact) mass is 217 g/mol. The smallest absolute Gasteiger partial charge is 0.0701 e. The van der Waals surface area contributed by atoms with E-state index in [9.17, 15) is 0 Å². The van der Waals surface area contributed by atoms with E-state index >= 15 is 0 Å². The second-order valence-electron chi connectivity index (χ2n) is 4.03. The third kappa shape index (κ3) is 8.85. The quantitative estimate of drug-likeness (QED) is 0.569. The van der Waals surface area contributed by atoms with Crippen LogP contribution in [0.3, 0.4) is 0 Å². The Kier molecular flexibility index (Phi) is 10.3. The van der Waals surface area contributed by atoms with E-state index in [0.717, 1.165) is 6.61 Å². The summed E-state index contributed by atoms with van der Waals surface area (Å²) in [6.45, 7) is 8.76. The van der Waals surface area contributed by atoms with Crippen LogP contribution in [0.25, 0.3) is 0 Å². The molecule has 0 bridgehead atoms. The number of rotatable bonds is 10. The summed E-state index contributed by atoms with van der Waals surface area (Å²) in [7, 11) is 1.69. The molecule has 3 nitrogen and oxygen atoms in total. The number of nitrogens with one attached hydrogen (secondary N) is 1. The van der Waals surface area contributed by atoms with Gasteiger partial charge in [0.15, 0.2) is 0 Å². The zero-order chi connectivity index (χ0) is 11.5. The second-order valence-corrected chi connectivity index (χ2v) is 4.03. The summed E-state index contributed by atoms with van der Waals surface area (Å²) >= 11 is 0. The highest BCUT2D eigenvalue weighted by Crippen LogP contribution is 2.02. The van der Waals surface area contributed by atoms with Gasteiger partial charge in [0, 0.05) is 19.2 Å². The predicted molar refractivity (Wildman–Crippen MR) is 64.3 cm³/mol. The molecule has 0 saturated carbocycles. The van der Waals surface area contributed by atoms with Crippen LogP contribution in [0.5, 0.6) is 0 Å². The lowest BCUT2D eigenvalue weighted by atomic mass is 10.1. The van der Waals surface area contributed by atoms with Crippen molar-refractivity contribution in [3.63, 3.8) is 0 Å². The number of ether oxygens (including phenoxy) is 2. The number of methoxy groups -OCH3 is 1. The van der Waals surface area contributed by atoms with Gasteiger partial charge in [-0.1, -0.05) is 20.3 Å². The van der Waals surface area contributed by atoms with Crippen molar-refractivity contribution in [3.8, 4) is 0 Å². The molecule has 0 fully saturated rings. The Bertz CT molecular complexity index is 131. The van der Waals surface area contributed by atoms with Crippen molar-refractivity contribution >= 4 is 0 Å². The van der Waals surface area contributed by atoms with E-state index in [2.05, 4.69) is 26.1 Å². The minimum absolute atomic E-state index is 0.429. The second kappa shape index (κ2) is 10.4. The van der Waals surface area contributed by atoms with Crippen LogP contribution in [0.4, 0.5) is 0 Å². The molecule has 0 aliphatic heterocycles. The highest BCUT2D eigenvalue weighted by atomic mass is 16.5. The van der Waals surface area contributed by atoms with E-state index in [1.54, 1.807) is 7.11 Å². The molecule has 0 aromatic carbocycles. The summed E-state index contributed by atoms with van der Waals surface area (Å²) in [5, 5.41) is 3.58. The van der Waals surface area contributed by atoms with Gasteiger partial charge in [0.25, 0.3) is 0 Å². The van der Waals surface area contributed by atoms with E-state index in [-0.39, 0.29) is 0 Å². The van der Waals surface area contributed by atoms with Crippen LogP contribution in [-0.2, 0) is 9.47 Å². The van der Waals surface area contributed by atoms with Gasteiger partial charge in [-0.05, 0) is 19.8 Å². The summed E-state index contributed by atoms with van der Waals surface area (Å²) in [6, 6.07) is 1.06. The summed E-state index contributed by atoms with van der Waals surface area (Å²) in [5.74, 6) is 0. The Morgan fingerprint density at radius 2 is 1.93 bits per heavy atom. The normalized spacial score (nSPS) is 15.2. The van der Waals surface area contributed by atoms with Crippen LogP contribution in [0.1, 0.15) is 40.0 Å². The lowest BCUT2D eigenvalue weighted by molar-refractivity contribution is 0.0591. The van der Waals surface area contributed by atoms with Crippen molar-refractivity contribution in [1.29, 1.82) is 0 Å². The van der Waals surface area contributed by atoms with Gasteiger partial charge in [-0.25, -0.2) is 0 Å². The summed E-state index contributed by atoms with van der Waals surface area (Å²) in [6.07, 6.45) is 3.68. The summed E-state index contributed by atoms with van der Waals surface area (Å²) < 4.78 is 10.4. The first kappa shape index (κ1) is 14.9. The molecule has 0 saturated heterocycles. The van der Waals surface area contributed by atoms with Crippen LogP contribution in [0.2, 0.25) is 0 Å². The first-order valence-electron chi connectivity index (χ1n) is 6.07. The molecule has 0 radical (unpaired) electrons. The molecule has 0 aromatic rings. The maximum Gasteiger partial charge on any atom is 0.0701 e. The summed E-state index contributed by atoms with van der Waals surface area (Å²) in [4.78, 5) is 0. The Morgan fingerprint density at radius 1 is 1.20 bits per heavy atom. The highest BCUT2D eigenvalue weighted by molar-refractivity contribution is 4.69. The van der Waals surface area contributed by atoms with E-state index in [4.69, 9.17) is 9.47 Å². The van der Waals surface area contributed by atoms with Gasteiger partial charge in [-0.15, -0.1) is 0 Å². The van der Waals surface area contributed by atoms with Crippen LogP contribution < -0.4 is 5.32 Å². The lowest BCUT2D eigenvalue weighted by Crippen LogP contribution is -2.39. The molecule has 0 heterocycles. The zero-order valence-electron chi connectivity index (χ0n) is 10.7. The molecule has 0 rings (SSSR count). The topological polar surface area (TPSA) is 30.5 Å². The molecule has 3 heteroatoms. The van der Waals surface area contributed by atoms with Gasteiger partial charge < -0.3 is 14.8 Å². The first-order chi connectivity index (χ1) is 7.24. The number of hydrogen-bond acceptors (Lipinski definition) is 3. The van der Waals surface area contributed by atoms with E-state index in [1.807, 2.05) is 0 Å². The third-order valence-corrected chi connectivity index (χ3v) is 2.45. The van der Waals surface area contributed by atoms with Gasteiger partial charge in [0.1, 0.15) is 0 Å². The molecular weight excluding hydrogens is 190 g/mol. The molecular formula is C12H27NO2. The maximum absolute atomic E-state index is 5.47. The van der Waals surface area contributed by atoms with Gasteiger partial charge in [0.2, 0.25) is 0 Å². The van der Waals surface area contributed by atoms with Gasteiger partial charge in [-0.3, -0.25) is 0 Å². The highest BCUT2D eigenvalue weighted by Gasteiger charge is 2.08. The average molecular weight is 217 g/mol. The molecule has 0 aliphatic carbocycles. The fraction of sp³-hybridized carbons (Fsp3) is 1.00. The fourth-order valence-electron chi connectivity index (χ4n) is 1.61. The van der Waals surface area contributed by atoms with Crippen molar-refractivity contribution in [1.82, 2.24) is 5.32 Å². The third-order valence-electron chi connectivity index (χ3n) is 2.45. The van der Waals surface area contributed by atoms with E-state index < -0.39 is 0 Å². The lowest BCUT2D eigenvalue weighted by Gasteiger charge is -2.21. The van der Waals surface area contributed by atoms with Gasteiger partial charge in [0.05, 0.1) is 19.8 Å². The van der Waals surface area contributed by atoms with E-state index in [0.29, 0.717) is 25.3 Å². The molecule has 92 valence electrons. The molecule has 0 spiro atoms. The standard InChI is InChI=1S/C12H27NO2/c1-5-7-12(6-2)13-11(3)10-15-9-8-14-4/h11-13H,5-10H2,1-4H3. The maximum atomic E-state index is 5.47. The Balaban J connectivity index is 3.47. The largest absolute Gasteiger partial charge is 0.382 e. The van der Waals surface area contributed by atoms with Crippen molar-refractivity contribution < 1.29 is 9.47 Å². The predicted octanol–water partition coefficient (Wildman–Crippen LogP) is 2.21.